The van der Waals surface area contributed by atoms with Crippen molar-refractivity contribution < 1.29 is 10.1 Å². The molecule has 0 saturated carbocycles. The van der Waals surface area contributed by atoms with E-state index in [4.69, 9.17) is 4.98 Å². The molecular weight excluding hydrogens is 344 g/mol. The zero-order valence-corrected chi connectivity index (χ0v) is 16.1. The Bertz CT molecular complexity index is 1020. The fraction of sp³-hybridized carbons (Fsp3) is 0.350. The number of nitro groups is 1. The van der Waals surface area contributed by atoms with E-state index in [1.807, 2.05) is 51.0 Å². The van der Waals surface area contributed by atoms with Gasteiger partial charge in [0.05, 0.1) is 21.6 Å². The second kappa shape index (κ2) is 7.46. The highest BCUT2D eigenvalue weighted by Gasteiger charge is 2.24. The average molecular weight is 368 g/mol. The smallest absolute Gasteiger partial charge is 0.281 e. The van der Waals surface area contributed by atoms with E-state index in [9.17, 15) is 15.3 Å². The Labute approximate surface area is 157 Å². The third-order valence-electron chi connectivity index (χ3n) is 4.74. The Balaban J connectivity index is 2.33. The second-order valence-electron chi connectivity index (χ2n) is 7.09. The topological polar surface area (TPSA) is 82.7 Å². The van der Waals surface area contributed by atoms with Gasteiger partial charge in [-0.3, -0.25) is 20.4 Å². The molecule has 0 radical (unpaired) electrons. The minimum atomic E-state index is -0.414. The number of fused-ring (bicyclic) bond motifs is 2. The molecule has 0 fully saturated rings. The number of nitrogens with zero attached hydrogens (tertiary/aromatic N) is 4. The van der Waals surface area contributed by atoms with Crippen molar-refractivity contribution >= 4 is 33.2 Å². The fourth-order valence-corrected chi connectivity index (χ4v) is 3.38. The van der Waals surface area contributed by atoms with E-state index in [0.29, 0.717) is 28.5 Å². The van der Waals surface area contributed by atoms with Crippen molar-refractivity contribution in [2.75, 3.05) is 32.2 Å². The summed E-state index contributed by atoms with van der Waals surface area (Å²) < 4.78 is 0. The van der Waals surface area contributed by atoms with Crippen LogP contribution in [0, 0.1) is 24.0 Å². The Morgan fingerprint density at radius 3 is 2.44 bits per heavy atom. The van der Waals surface area contributed by atoms with Crippen molar-refractivity contribution in [3.05, 3.63) is 51.6 Å². The lowest BCUT2D eigenvalue weighted by Gasteiger charge is -2.22. The summed E-state index contributed by atoms with van der Waals surface area (Å²) in [6, 6.07) is 8.87. The third kappa shape index (κ3) is 3.56. The average Bonchev–Trinajstić information content (AvgIpc) is 2.60. The number of pyridine rings is 1. The van der Waals surface area contributed by atoms with Crippen LogP contribution in [0.1, 0.15) is 17.5 Å². The van der Waals surface area contributed by atoms with Crippen LogP contribution >= 0.6 is 0 Å². The third-order valence-corrected chi connectivity index (χ3v) is 4.74. The van der Waals surface area contributed by atoms with Gasteiger partial charge in [-0.25, -0.2) is 4.98 Å². The van der Waals surface area contributed by atoms with Crippen LogP contribution in [0.3, 0.4) is 0 Å². The molecule has 3 rings (SSSR count). The highest BCUT2D eigenvalue weighted by molar-refractivity contribution is 6.12. The first-order chi connectivity index (χ1) is 12.8. The van der Waals surface area contributed by atoms with Gasteiger partial charge in [0.1, 0.15) is 5.39 Å². The van der Waals surface area contributed by atoms with Gasteiger partial charge in [0, 0.05) is 18.0 Å². The lowest BCUT2D eigenvalue weighted by atomic mass is 10.0. The second-order valence-corrected chi connectivity index (χ2v) is 7.09. The van der Waals surface area contributed by atoms with E-state index in [2.05, 4.69) is 0 Å². The maximum Gasteiger partial charge on any atom is 0.281 e. The summed E-state index contributed by atoms with van der Waals surface area (Å²) in [5.74, 6) is 0. The molecule has 0 bridgehead atoms. The van der Waals surface area contributed by atoms with E-state index >= 15 is 0 Å². The van der Waals surface area contributed by atoms with Crippen molar-refractivity contribution in [1.82, 2.24) is 9.88 Å². The molecular formula is C20H24N4O3. The van der Waals surface area contributed by atoms with Crippen LogP contribution in [0.5, 0.6) is 0 Å². The summed E-state index contributed by atoms with van der Waals surface area (Å²) in [4.78, 5) is 18.0. The van der Waals surface area contributed by atoms with E-state index in [1.54, 1.807) is 6.07 Å². The quantitative estimate of drug-likeness (QED) is 0.401. The van der Waals surface area contributed by atoms with E-state index in [1.165, 1.54) is 6.07 Å². The van der Waals surface area contributed by atoms with Gasteiger partial charge in [0.15, 0.2) is 0 Å². The minimum Gasteiger partial charge on any atom is -0.309 e. The number of benzene rings is 2. The van der Waals surface area contributed by atoms with Crippen LogP contribution in [0.15, 0.2) is 30.3 Å². The summed E-state index contributed by atoms with van der Waals surface area (Å²) in [7, 11) is 3.94. The maximum atomic E-state index is 11.7. The van der Waals surface area contributed by atoms with E-state index in [0.717, 1.165) is 34.7 Å². The molecule has 0 aliphatic heterocycles. The molecule has 2 aromatic carbocycles. The van der Waals surface area contributed by atoms with E-state index < -0.39 is 4.92 Å². The number of aromatic nitrogens is 1. The summed E-state index contributed by atoms with van der Waals surface area (Å²) in [6.45, 7) is 5.00. The lowest BCUT2D eigenvalue weighted by Crippen LogP contribution is -2.24. The zero-order valence-electron chi connectivity index (χ0n) is 16.1. The molecule has 0 atom stereocenters. The molecule has 0 amide bonds. The normalized spacial score (nSPS) is 11.5. The maximum absolute atomic E-state index is 11.7. The predicted molar refractivity (Wildman–Crippen MR) is 108 cm³/mol. The van der Waals surface area contributed by atoms with Gasteiger partial charge in [-0.05, 0) is 52.0 Å². The fourth-order valence-electron chi connectivity index (χ4n) is 3.38. The van der Waals surface area contributed by atoms with Crippen LogP contribution < -0.4 is 5.06 Å². The van der Waals surface area contributed by atoms with Gasteiger partial charge in [-0.15, -0.1) is 0 Å². The van der Waals surface area contributed by atoms with Crippen molar-refractivity contribution in [1.29, 1.82) is 0 Å². The lowest BCUT2D eigenvalue weighted by molar-refractivity contribution is -0.383. The van der Waals surface area contributed by atoms with Crippen LogP contribution in [0.2, 0.25) is 0 Å². The molecule has 7 heteroatoms. The van der Waals surface area contributed by atoms with Crippen LogP contribution in [0.25, 0.3) is 21.8 Å². The number of hydrogen-bond acceptors (Lipinski definition) is 6. The molecule has 0 saturated heterocycles. The number of anilines is 1. The SMILES string of the molecule is Cc1cccc2c(N(O)CCCN(C)C)c3c([N+](=O)[O-])ccc(C)c3nc12. The Hall–Kier alpha value is -2.77. The van der Waals surface area contributed by atoms with Gasteiger partial charge in [0.25, 0.3) is 5.69 Å². The number of nitro benzene ring substituents is 1. The number of rotatable bonds is 6. The summed E-state index contributed by atoms with van der Waals surface area (Å²) in [5.41, 5.74) is 3.50. The molecule has 7 nitrogen and oxygen atoms in total. The monoisotopic (exact) mass is 368 g/mol. The van der Waals surface area contributed by atoms with Crippen LogP contribution in [0.4, 0.5) is 11.4 Å². The molecule has 1 N–H and O–H groups in total. The first-order valence-corrected chi connectivity index (χ1v) is 8.89. The van der Waals surface area contributed by atoms with Gasteiger partial charge in [-0.2, -0.15) is 0 Å². The zero-order chi connectivity index (χ0) is 19.7. The first kappa shape index (κ1) is 19.0. The number of hydroxylamine groups is 1. The minimum absolute atomic E-state index is 0.0480. The van der Waals surface area contributed by atoms with Crippen LogP contribution in [-0.4, -0.2) is 47.2 Å². The molecule has 27 heavy (non-hydrogen) atoms. The first-order valence-electron chi connectivity index (χ1n) is 8.89. The largest absolute Gasteiger partial charge is 0.309 e. The molecule has 0 unspecified atom stereocenters. The van der Waals surface area contributed by atoms with Gasteiger partial charge < -0.3 is 4.90 Å². The Morgan fingerprint density at radius 1 is 1.07 bits per heavy atom. The van der Waals surface area contributed by atoms with E-state index in [-0.39, 0.29) is 5.69 Å². The predicted octanol–water partition coefficient (Wildman–Crippen LogP) is 4.06. The van der Waals surface area contributed by atoms with Gasteiger partial charge >= 0.3 is 0 Å². The van der Waals surface area contributed by atoms with Crippen molar-refractivity contribution in [2.24, 2.45) is 0 Å². The van der Waals surface area contributed by atoms with Crippen molar-refractivity contribution in [3.8, 4) is 0 Å². The standard InChI is InChI=1S/C20H24N4O3/c1-13-7-5-8-15-18(13)21-19-14(2)9-10-16(24(26)27)17(19)20(15)23(25)12-6-11-22(3)4/h5,7-10,25H,6,11-12H2,1-4H3. The molecule has 1 aromatic heterocycles. The van der Waals surface area contributed by atoms with Crippen molar-refractivity contribution in [2.45, 2.75) is 20.3 Å². The van der Waals surface area contributed by atoms with Gasteiger partial charge in [-0.1, -0.05) is 24.3 Å². The Morgan fingerprint density at radius 2 is 1.78 bits per heavy atom. The number of non-ortho nitro benzene ring substituents is 1. The summed E-state index contributed by atoms with van der Waals surface area (Å²) in [5, 5.41) is 24.8. The number of hydrogen-bond donors (Lipinski definition) is 1. The molecule has 142 valence electrons. The molecule has 3 aromatic rings. The van der Waals surface area contributed by atoms with Gasteiger partial charge in [0.2, 0.25) is 0 Å². The Kier molecular flexibility index (Phi) is 5.25. The molecule has 1 heterocycles. The summed E-state index contributed by atoms with van der Waals surface area (Å²) >= 11 is 0. The number of aryl methyl sites for hydroxylation is 2. The molecule has 0 spiro atoms. The summed E-state index contributed by atoms with van der Waals surface area (Å²) in [6.07, 6.45) is 0.722. The number of para-hydroxylation sites is 1. The molecule has 0 aliphatic rings. The van der Waals surface area contributed by atoms with Crippen molar-refractivity contribution in [3.63, 3.8) is 0 Å². The highest BCUT2D eigenvalue weighted by atomic mass is 16.6. The van der Waals surface area contributed by atoms with Crippen LogP contribution in [-0.2, 0) is 0 Å². The molecule has 0 aliphatic carbocycles. The highest BCUT2D eigenvalue weighted by Crippen LogP contribution is 2.40.